The lowest BCUT2D eigenvalue weighted by molar-refractivity contribution is 0.0986. The lowest BCUT2D eigenvalue weighted by Gasteiger charge is -2.25. The minimum absolute atomic E-state index is 0.254. The standard InChI is InChI=1S/C15H24N4O/c1-11(2)12-5-6-15(17-16-12)19-9-13(14(20)10-19)18-7-3-4-8-18/h5-6,11,13-14,20H,3-4,7-10H2,1-2H3/t13-,14-/m0/s1. The number of anilines is 1. The van der Waals surface area contributed by atoms with Gasteiger partial charge in [0, 0.05) is 13.1 Å². The molecule has 3 heterocycles. The maximum atomic E-state index is 10.3. The highest BCUT2D eigenvalue weighted by molar-refractivity contribution is 5.40. The molecule has 1 aromatic heterocycles. The van der Waals surface area contributed by atoms with E-state index in [0.29, 0.717) is 12.5 Å². The first-order valence-corrected chi connectivity index (χ1v) is 7.66. The highest BCUT2D eigenvalue weighted by atomic mass is 16.3. The van der Waals surface area contributed by atoms with Crippen LogP contribution in [0.3, 0.4) is 0 Å². The Morgan fingerprint density at radius 2 is 1.90 bits per heavy atom. The normalized spacial score (nSPS) is 27.7. The van der Waals surface area contributed by atoms with Crippen LogP contribution in [-0.4, -0.2) is 58.5 Å². The molecule has 2 atom stereocenters. The van der Waals surface area contributed by atoms with Gasteiger partial charge in [0.05, 0.1) is 17.8 Å². The van der Waals surface area contributed by atoms with Crippen molar-refractivity contribution in [3.05, 3.63) is 17.8 Å². The van der Waals surface area contributed by atoms with Crippen molar-refractivity contribution in [2.24, 2.45) is 0 Å². The monoisotopic (exact) mass is 276 g/mol. The SMILES string of the molecule is CC(C)c1ccc(N2C[C@H](O)[C@@H](N3CCCC3)C2)nn1. The number of likely N-dealkylation sites (tertiary alicyclic amines) is 1. The Morgan fingerprint density at radius 3 is 2.50 bits per heavy atom. The molecule has 2 aliphatic heterocycles. The number of aliphatic hydroxyl groups is 1. The summed E-state index contributed by atoms with van der Waals surface area (Å²) in [5, 5.41) is 18.9. The summed E-state index contributed by atoms with van der Waals surface area (Å²) in [6.07, 6.45) is 2.23. The van der Waals surface area contributed by atoms with E-state index in [2.05, 4.69) is 33.8 Å². The summed E-state index contributed by atoms with van der Waals surface area (Å²) in [4.78, 5) is 4.57. The fourth-order valence-corrected chi connectivity index (χ4v) is 3.20. The van der Waals surface area contributed by atoms with Crippen molar-refractivity contribution in [2.75, 3.05) is 31.1 Å². The zero-order chi connectivity index (χ0) is 14.1. The van der Waals surface area contributed by atoms with Gasteiger partial charge >= 0.3 is 0 Å². The number of nitrogens with zero attached hydrogens (tertiary/aromatic N) is 4. The molecule has 1 aromatic rings. The molecule has 0 aliphatic carbocycles. The fraction of sp³-hybridized carbons (Fsp3) is 0.733. The molecule has 0 radical (unpaired) electrons. The van der Waals surface area contributed by atoms with Crippen LogP contribution in [0.15, 0.2) is 12.1 Å². The third-order valence-corrected chi connectivity index (χ3v) is 4.46. The number of hydrogen-bond donors (Lipinski definition) is 1. The zero-order valence-electron chi connectivity index (χ0n) is 12.4. The van der Waals surface area contributed by atoms with Crippen LogP contribution in [-0.2, 0) is 0 Å². The minimum Gasteiger partial charge on any atom is -0.390 e. The van der Waals surface area contributed by atoms with E-state index in [4.69, 9.17) is 0 Å². The fourth-order valence-electron chi connectivity index (χ4n) is 3.20. The van der Waals surface area contributed by atoms with Crippen molar-refractivity contribution in [2.45, 2.75) is 44.8 Å². The second-order valence-corrected chi connectivity index (χ2v) is 6.25. The first-order chi connectivity index (χ1) is 9.65. The topological polar surface area (TPSA) is 52.5 Å². The van der Waals surface area contributed by atoms with E-state index in [1.165, 1.54) is 12.8 Å². The molecule has 20 heavy (non-hydrogen) atoms. The predicted molar refractivity (Wildman–Crippen MR) is 78.9 cm³/mol. The molecule has 3 rings (SSSR count). The van der Waals surface area contributed by atoms with Gasteiger partial charge in [-0.2, -0.15) is 5.10 Å². The molecule has 5 heteroatoms. The van der Waals surface area contributed by atoms with E-state index in [1.807, 2.05) is 12.1 Å². The molecular formula is C15H24N4O. The summed E-state index contributed by atoms with van der Waals surface area (Å²) < 4.78 is 0. The maximum absolute atomic E-state index is 10.3. The average Bonchev–Trinajstić information content (AvgIpc) is 3.07. The summed E-state index contributed by atoms with van der Waals surface area (Å²) in [5.41, 5.74) is 1.02. The Bertz CT molecular complexity index is 442. The highest BCUT2D eigenvalue weighted by Gasteiger charge is 2.37. The van der Waals surface area contributed by atoms with Gasteiger partial charge < -0.3 is 10.0 Å². The maximum Gasteiger partial charge on any atom is 0.151 e. The van der Waals surface area contributed by atoms with Crippen LogP contribution in [0.1, 0.15) is 38.3 Å². The Kier molecular flexibility index (Phi) is 3.89. The second-order valence-electron chi connectivity index (χ2n) is 6.25. The predicted octanol–water partition coefficient (Wildman–Crippen LogP) is 1.25. The van der Waals surface area contributed by atoms with E-state index >= 15 is 0 Å². The van der Waals surface area contributed by atoms with Crippen molar-refractivity contribution in [1.82, 2.24) is 15.1 Å². The first-order valence-electron chi connectivity index (χ1n) is 7.66. The smallest absolute Gasteiger partial charge is 0.151 e. The Morgan fingerprint density at radius 1 is 1.15 bits per heavy atom. The van der Waals surface area contributed by atoms with E-state index in [0.717, 1.165) is 31.1 Å². The van der Waals surface area contributed by atoms with E-state index in [9.17, 15) is 5.11 Å². The molecule has 110 valence electrons. The molecule has 2 saturated heterocycles. The summed E-state index contributed by atoms with van der Waals surface area (Å²) in [7, 11) is 0. The van der Waals surface area contributed by atoms with Gasteiger partial charge in [0.25, 0.3) is 0 Å². The van der Waals surface area contributed by atoms with Gasteiger partial charge in [-0.15, -0.1) is 5.10 Å². The molecular weight excluding hydrogens is 252 g/mol. The van der Waals surface area contributed by atoms with Crippen LogP contribution < -0.4 is 4.90 Å². The molecule has 2 fully saturated rings. The molecule has 5 nitrogen and oxygen atoms in total. The number of aliphatic hydroxyl groups excluding tert-OH is 1. The molecule has 0 amide bonds. The van der Waals surface area contributed by atoms with Crippen molar-refractivity contribution in [3.8, 4) is 0 Å². The number of hydrogen-bond acceptors (Lipinski definition) is 5. The van der Waals surface area contributed by atoms with Crippen molar-refractivity contribution in [1.29, 1.82) is 0 Å². The molecule has 0 spiro atoms. The quantitative estimate of drug-likeness (QED) is 0.900. The van der Waals surface area contributed by atoms with Gasteiger partial charge in [0.1, 0.15) is 0 Å². The lowest BCUT2D eigenvalue weighted by Crippen LogP contribution is -2.41. The Hall–Kier alpha value is -1.20. The Labute approximate surface area is 120 Å². The molecule has 0 saturated carbocycles. The van der Waals surface area contributed by atoms with Gasteiger partial charge in [0.2, 0.25) is 0 Å². The number of β-amino-alcohol motifs (C(OH)–C–C–N with tert-alkyl or cyclic N) is 1. The number of aromatic nitrogens is 2. The van der Waals surface area contributed by atoms with Gasteiger partial charge in [0.15, 0.2) is 5.82 Å². The molecule has 2 aliphatic rings. The summed E-state index contributed by atoms with van der Waals surface area (Å²) in [6.45, 7) is 7.99. The van der Waals surface area contributed by atoms with Gasteiger partial charge in [-0.1, -0.05) is 13.8 Å². The number of rotatable bonds is 3. The molecule has 0 unspecified atom stereocenters. The highest BCUT2D eigenvalue weighted by Crippen LogP contribution is 2.24. The lowest BCUT2D eigenvalue weighted by atomic mass is 10.1. The molecule has 0 bridgehead atoms. The van der Waals surface area contributed by atoms with E-state index < -0.39 is 0 Å². The first kappa shape index (κ1) is 13.8. The summed E-state index contributed by atoms with van der Waals surface area (Å²) >= 11 is 0. The summed E-state index contributed by atoms with van der Waals surface area (Å²) in [5.74, 6) is 1.29. The Balaban J connectivity index is 1.69. The van der Waals surface area contributed by atoms with E-state index in [-0.39, 0.29) is 12.1 Å². The largest absolute Gasteiger partial charge is 0.390 e. The zero-order valence-corrected chi connectivity index (χ0v) is 12.4. The third-order valence-electron chi connectivity index (χ3n) is 4.46. The summed E-state index contributed by atoms with van der Waals surface area (Å²) in [6, 6.07) is 4.33. The third kappa shape index (κ3) is 2.65. The minimum atomic E-state index is -0.278. The van der Waals surface area contributed by atoms with Gasteiger partial charge in [-0.05, 0) is 44.0 Å². The van der Waals surface area contributed by atoms with Crippen LogP contribution in [0.25, 0.3) is 0 Å². The van der Waals surface area contributed by atoms with Crippen molar-refractivity contribution < 1.29 is 5.11 Å². The van der Waals surface area contributed by atoms with Crippen molar-refractivity contribution >= 4 is 5.82 Å². The van der Waals surface area contributed by atoms with Crippen LogP contribution >= 0.6 is 0 Å². The van der Waals surface area contributed by atoms with Crippen LogP contribution in [0, 0.1) is 0 Å². The van der Waals surface area contributed by atoms with Crippen molar-refractivity contribution in [3.63, 3.8) is 0 Å². The van der Waals surface area contributed by atoms with Crippen LogP contribution in [0.2, 0.25) is 0 Å². The van der Waals surface area contributed by atoms with Crippen LogP contribution in [0.5, 0.6) is 0 Å². The van der Waals surface area contributed by atoms with Gasteiger partial charge in [-0.25, -0.2) is 0 Å². The van der Waals surface area contributed by atoms with Crippen LogP contribution in [0.4, 0.5) is 5.82 Å². The molecule has 1 N–H and O–H groups in total. The van der Waals surface area contributed by atoms with E-state index in [1.54, 1.807) is 0 Å². The average molecular weight is 276 g/mol. The second kappa shape index (κ2) is 5.66. The molecule has 0 aromatic carbocycles. The van der Waals surface area contributed by atoms with Gasteiger partial charge in [-0.3, -0.25) is 4.90 Å².